The maximum absolute atomic E-state index is 12.4. The van der Waals surface area contributed by atoms with Gasteiger partial charge in [0.2, 0.25) is 0 Å². The minimum atomic E-state index is -0.736. The molecule has 0 bridgehead atoms. The Morgan fingerprint density at radius 2 is 1.93 bits per heavy atom. The van der Waals surface area contributed by atoms with Crippen LogP contribution >= 0.6 is 11.8 Å². The molecular weight excluding hydrogens is 408 g/mol. The molecule has 0 amide bonds. The van der Waals surface area contributed by atoms with Crippen LogP contribution in [0.3, 0.4) is 0 Å². The number of hydrogen-bond donors (Lipinski definition) is 2. The summed E-state index contributed by atoms with van der Waals surface area (Å²) in [5.74, 6) is -0.975. The average Bonchev–Trinajstić information content (AvgIpc) is 3.01. The first-order valence-electron chi connectivity index (χ1n) is 8.94. The molecular formula is C21H18N2O6S. The van der Waals surface area contributed by atoms with E-state index in [2.05, 4.69) is 4.99 Å². The lowest BCUT2D eigenvalue weighted by Crippen LogP contribution is -2.12. The molecule has 0 atom stereocenters. The van der Waals surface area contributed by atoms with Gasteiger partial charge in [-0.25, -0.2) is 9.79 Å². The molecule has 0 aliphatic carbocycles. The Morgan fingerprint density at radius 1 is 1.23 bits per heavy atom. The molecule has 0 unspecified atom stereocenters. The summed E-state index contributed by atoms with van der Waals surface area (Å²) < 4.78 is 5.04. The third kappa shape index (κ3) is 4.36. The largest absolute Gasteiger partial charge is 0.507 e. The Morgan fingerprint density at radius 3 is 2.57 bits per heavy atom. The van der Waals surface area contributed by atoms with Gasteiger partial charge in [-0.1, -0.05) is 30.0 Å². The van der Waals surface area contributed by atoms with Gasteiger partial charge in [-0.05, 0) is 37.6 Å². The number of ether oxygens (including phenoxy) is 1. The highest BCUT2D eigenvalue weighted by Crippen LogP contribution is 2.41. The second-order valence-corrected chi connectivity index (χ2v) is 7.29. The van der Waals surface area contributed by atoms with Crippen molar-refractivity contribution in [1.29, 1.82) is 0 Å². The number of carbonyl (C=O) groups excluding carboxylic acids is 1. The van der Waals surface area contributed by atoms with Crippen molar-refractivity contribution in [2.75, 3.05) is 6.61 Å². The fraction of sp³-hybridized carbons (Fsp3) is 0.143. The average molecular weight is 426 g/mol. The van der Waals surface area contributed by atoms with E-state index in [-0.39, 0.29) is 34.4 Å². The van der Waals surface area contributed by atoms with Crippen LogP contribution in [0.15, 0.2) is 63.7 Å². The van der Waals surface area contributed by atoms with Crippen molar-refractivity contribution in [3.05, 3.63) is 79.9 Å². The van der Waals surface area contributed by atoms with Crippen LogP contribution in [0.4, 0.5) is 11.4 Å². The van der Waals surface area contributed by atoms with Crippen molar-refractivity contribution in [2.45, 2.75) is 13.8 Å². The molecule has 2 aromatic carbocycles. The lowest BCUT2D eigenvalue weighted by atomic mass is 10.1. The second kappa shape index (κ2) is 8.83. The van der Waals surface area contributed by atoms with E-state index in [1.54, 1.807) is 38.1 Å². The normalized spacial score (nSPS) is 16.3. The zero-order valence-corrected chi connectivity index (χ0v) is 17.0. The quantitative estimate of drug-likeness (QED) is 0.400. The monoisotopic (exact) mass is 426 g/mol. The van der Waals surface area contributed by atoms with E-state index in [1.807, 2.05) is 0 Å². The number of carbonyl (C=O) groups is 1. The number of aryl methyl sites for hydroxylation is 1. The molecule has 1 aliphatic heterocycles. The Bertz CT molecular complexity index is 1100. The van der Waals surface area contributed by atoms with Crippen molar-refractivity contribution >= 4 is 40.2 Å². The Kier molecular flexibility index (Phi) is 6.22. The second-order valence-electron chi connectivity index (χ2n) is 6.26. The number of aromatic hydroxyl groups is 1. The fourth-order valence-corrected chi connectivity index (χ4v) is 3.72. The Hall–Kier alpha value is -3.59. The number of hydrogen-bond acceptors (Lipinski definition) is 8. The number of phenols is 1. The number of benzene rings is 2. The predicted molar refractivity (Wildman–Crippen MR) is 115 cm³/mol. The van der Waals surface area contributed by atoms with Crippen LogP contribution in [0.25, 0.3) is 6.08 Å². The summed E-state index contributed by atoms with van der Waals surface area (Å²) in [5.41, 5.74) is 1.33. The molecule has 0 spiro atoms. The number of nitro benzene ring substituents is 1. The van der Waals surface area contributed by atoms with Crippen LogP contribution in [0.5, 0.6) is 5.75 Å². The van der Waals surface area contributed by atoms with Gasteiger partial charge in [0, 0.05) is 17.7 Å². The number of aliphatic imine (C=N–C) groups is 1. The molecule has 2 N–H and O–H groups in total. The zero-order valence-electron chi connectivity index (χ0n) is 16.2. The zero-order chi connectivity index (χ0) is 21.8. The number of aliphatic hydroxyl groups is 1. The van der Waals surface area contributed by atoms with Crippen LogP contribution in [-0.4, -0.2) is 32.8 Å². The highest BCUT2D eigenvalue weighted by atomic mass is 32.2. The van der Waals surface area contributed by atoms with Crippen molar-refractivity contribution in [2.24, 2.45) is 4.99 Å². The predicted octanol–water partition coefficient (Wildman–Crippen LogP) is 4.80. The summed E-state index contributed by atoms with van der Waals surface area (Å²) in [4.78, 5) is 27.4. The molecule has 0 fully saturated rings. The molecule has 30 heavy (non-hydrogen) atoms. The van der Waals surface area contributed by atoms with Crippen LogP contribution < -0.4 is 0 Å². The number of rotatable bonds is 5. The van der Waals surface area contributed by atoms with Gasteiger partial charge in [0.15, 0.2) is 0 Å². The van der Waals surface area contributed by atoms with Crippen molar-refractivity contribution in [1.82, 2.24) is 0 Å². The van der Waals surface area contributed by atoms with Gasteiger partial charge in [-0.3, -0.25) is 10.1 Å². The third-order valence-electron chi connectivity index (χ3n) is 4.22. The molecule has 3 rings (SSSR count). The van der Waals surface area contributed by atoms with Gasteiger partial charge >= 0.3 is 5.97 Å². The van der Waals surface area contributed by atoms with Gasteiger partial charge < -0.3 is 14.9 Å². The summed E-state index contributed by atoms with van der Waals surface area (Å²) in [5, 5.41) is 31.9. The number of nitro groups is 1. The minimum Gasteiger partial charge on any atom is -0.507 e. The van der Waals surface area contributed by atoms with E-state index >= 15 is 0 Å². The fourth-order valence-electron chi connectivity index (χ4n) is 2.70. The van der Waals surface area contributed by atoms with E-state index in [4.69, 9.17) is 4.74 Å². The molecule has 2 aromatic rings. The maximum Gasteiger partial charge on any atom is 0.344 e. The summed E-state index contributed by atoms with van der Waals surface area (Å²) in [6.07, 6.45) is 1.56. The SMILES string of the molecule is CCOC(=O)C1=C(O)/C(=C\c2cccc(C)c2O)SC1=Nc1ccc([N+](=O)[O-])cc1. The summed E-state index contributed by atoms with van der Waals surface area (Å²) in [6.45, 7) is 3.51. The molecule has 1 aliphatic rings. The van der Waals surface area contributed by atoms with Crippen LogP contribution in [0, 0.1) is 17.0 Å². The van der Waals surface area contributed by atoms with Gasteiger partial charge in [0.1, 0.15) is 22.1 Å². The highest BCUT2D eigenvalue weighted by molar-refractivity contribution is 8.18. The van der Waals surface area contributed by atoms with E-state index in [0.29, 0.717) is 21.7 Å². The molecule has 0 aromatic heterocycles. The van der Waals surface area contributed by atoms with Gasteiger partial charge in [0.25, 0.3) is 5.69 Å². The van der Waals surface area contributed by atoms with Crippen molar-refractivity contribution in [3.8, 4) is 5.75 Å². The molecule has 1 heterocycles. The van der Waals surface area contributed by atoms with E-state index in [9.17, 15) is 25.1 Å². The van der Waals surface area contributed by atoms with Crippen LogP contribution in [0.2, 0.25) is 0 Å². The molecule has 0 saturated carbocycles. The van der Waals surface area contributed by atoms with Gasteiger partial charge in [0.05, 0.1) is 22.1 Å². The molecule has 0 radical (unpaired) electrons. The third-order valence-corrected chi connectivity index (χ3v) is 5.24. The van der Waals surface area contributed by atoms with E-state index in [0.717, 1.165) is 11.8 Å². The number of nitrogens with zero attached hydrogens (tertiary/aromatic N) is 2. The van der Waals surface area contributed by atoms with Crippen LogP contribution in [-0.2, 0) is 9.53 Å². The molecule has 8 nitrogen and oxygen atoms in total. The van der Waals surface area contributed by atoms with E-state index < -0.39 is 10.9 Å². The first kappa shape index (κ1) is 21.1. The first-order valence-corrected chi connectivity index (χ1v) is 9.75. The summed E-state index contributed by atoms with van der Waals surface area (Å²) in [6, 6.07) is 10.7. The molecule has 0 saturated heterocycles. The van der Waals surface area contributed by atoms with E-state index in [1.165, 1.54) is 24.3 Å². The minimum absolute atomic E-state index is 0.0665. The smallest absolute Gasteiger partial charge is 0.344 e. The van der Waals surface area contributed by atoms with Gasteiger partial charge in [-0.2, -0.15) is 0 Å². The number of esters is 1. The summed E-state index contributed by atoms with van der Waals surface area (Å²) in [7, 11) is 0. The standard InChI is InChI=1S/C21H18N2O6S/c1-3-29-21(26)17-19(25)16(11-13-6-4-5-12(2)18(13)24)30-20(17)22-14-7-9-15(10-8-14)23(27)28/h4-11,24-25H,3H2,1-2H3/b16-11+,22-20?. The number of para-hydroxylation sites is 1. The molecule has 154 valence electrons. The topological polar surface area (TPSA) is 122 Å². The van der Waals surface area contributed by atoms with Crippen molar-refractivity contribution < 1.29 is 24.7 Å². The number of aliphatic hydroxyl groups excluding tert-OH is 1. The Balaban J connectivity index is 2.05. The Labute approximate surface area is 176 Å². The van der Waals surface area contributed by atoms with Crippen LogP contribution in [0.1, 0.15) is 18.1 Å². The number of phenolic OH excluding ortho intramolecular Hbond substituents is 1. The van der Waals surface area contributed by atoms with Crippen molar-refractivity contribution in [3.63, 3.8) is 0 Å². The highest BCUT2D eigenvalue weighted by Gasteiger charge is 2.33. The lowest BCUT2D eigenvalue weighted by molar-refractivity contribution is -0.384. The van der Waals surface area contributed by atoms with Gasteiger partial charge in [-0.15, -0.1) is 0 Å². The number of thioether (sulfide) groups is 1. The first-order chi connectivity index (χ1) is 14.3. The lowest BCUT2D eigenvalue weighted by Gasteiger charge is -2.04. The molecule has 9 heteroatoms. The summed E-state index contributed by atoms with van der Waals surface area (Å²) >= 11 is 1.04. The maximum atomic E-state index is 12.4. The number of non-ortho nitro benzene ring substituents is 1.